The molecule has 0 saturated carbocycles. The second kappa shape index (κ2) is 7.09. The Labute approximate surface area is 135 Å². The molecular formula is C16H19N3O2S. The van der Waals surface area contributed by atoms with E-state index in [0.29, 0.717) is 22.4 Å². The lowest BCUT2D eigenvalue weighted by atomic mass is 10.0. The molecule has 0 unspecified atom stereocenters. The largest absolute Gasteiger partial charge is 0.469 e. The van der Waals surface area contributed by atoms with Crippen molar-refractivity contribution in [2.45, 2.75) is 26.7 Å². The minimum Gasteiger partial charge on any atom is -0.469 e. The predicted molar refractivity (Wildman–Crippen MR) is 90.8 cm³/mol. The minimum atomic E-state index is -0.300. The number of carbonyl (C=O) groups is 1. The molecule has 2 aromatic rings. The molecule has 1 heterocycles. The van der Waals surface area contributed by atoms with Gasteiger partial charge in [0, 0.05) is 5.69 Å². The number of thiocarbonyl (C=S) groups is 1. The summed E-state index contributed by atoms with van der Waals surface area (Å²) in [4.78, 5) is 11.9. The monoisotopic (exact) mass is 317 g/mol. The standard InChI is InChI=1S/C16H19N3O2S/c1-10(2)12-4-6-13(7-5-12)17-16(22)19-18-15(20)14-8-9-21-11(14)3/h4-10H,1-3H3,(H,18,20)(H2,17,19,22). The fraction of sp³-hybridized carbons (Fsp3) is 0.250. The van der Waals surface area contributed by atoms with Crippen LogP contribution in [0, 0.1) is 6.92 Å². The Hall–Kier alpha value is -2.34. The Morgan fingerprint density at radius 2 is 1.82 bits per heavy atom. The van der Waals surface area contributed by atoms with Crippen LogP contribution in [-0.4, -0.2) is 11.0 Å². The van der Waals surface area contributed by atoms with Crippen molar-refractivity contribution < 1.29 is 9.21 Å². The first kappa shape index (κ1) is 16.0. The average molecular weight is 317 g/mol. The number of aryl methyl sites for hydroxylation is 1. The third-order valence-electron chi connectivity index (χ3n) is 3.23. The number of anilines is 1. The zero-order chi connectivity index (χ0) is 16.1. The lowest BCUT2D eigenvalue weighted by molar-refractivity contribution is 0.0942. The van der Waals surface area contributed by atoms with Crippen LogP contribution < -0.4 is 16.2 Å². The molecule has 0 fully saturated rings. The van der Waals surface area contributed by atoms with Crippen molar-refractivity contribution in [3.05, 3.63) is 53.5 Å². The molecule has 0 aliphatic carbocycles. The van der Waals surface area contributed by atoms with Crippen molar-refractivity contribution in [2.24, 2.45) is 0 Å². The van der Waals surface area contributed by atoms with Crippen molar-refractivity contribution in [2.75, 3.05) is 5.32 Å². The van der Waals surface area contributed by atoms with Gasteiger partial charge in [-0.05, 0) is 48.8 Å². The van der Waals surface area contributed by atoms with Crippen LogP contribution in [0.1, 0.15) is 41.4 Å². The summed E-state index contributed by atoms with van der Waals surface area (Å²) >= 11 is 5.14. The molecule has 6 heteroatoms. The van der Waals surface area contributed by atoms with Gasteiger partial charge in [-0.25, -0.2) is 0 Å². The maximum Gasteiger partial charge on any atom is 0.273 e. The topological polar surface area (TPSA) is 66.3 Å². The summed E-state index contributed by atoms with van der Waals surface area (Å²) in [6.07, 6.45) is 1.47. The van der Waals surface area contributed by atoms with E-state index >= 15 is 0 Å². The SMILES string of the molecule is Cc1occc1C(=O)NNC(=S)Nc1ccc(C(C)C)cc1. The first-order valence-electron chi connectivity index (χ1n) is 6.98. The van der Waals surface area contributed by atoms with Gasteiger partial charge in [0.15, 0.2) is 5.11 Å². The third-order valence-corrected chi connectivity index (χ3v) is 3.43. The molecule has 0 radical (unpaired) electrons. The molecule has 0 saturated heterocycles. The summed E-state index contributed by atoms with van der Waals surface area (Å²) in [5.74, 6) is 0.740. The van der Waals surface area contributed by atoms with Gasteiger partial charge in [0.25, 0.3) is 5.91 Å². The lowest BCUT2D eigenvalue weighted by Gasteiger charge is -2.12. The van der Waals surface area contributed by atoms with Gasteiger partial charge in [0.2, 0.25) is 0 Å². The Morgan fingerprint density at radius 1 is 1.14 bits per heavy atom. The minimum absolute atomic E-state index is 0.300. The van der Waals surface area contributed by atoms with E-state index in [1.54, 1.807) is 13.0 Å². The number of hydrogen-bond donors (Lipinski definition) is 3. The molecule has 116 valence electrons. The smallest absolute Gasteiger partial charge is 0.273 e. The highest BCUT2D eigenvalue weighted by Crippen LogP contribution is 2.17. The van der Waals surface area contributed by atoms with Gasteiger partial charge in [0.1, 0.15) is 5.76 Å². The van der Waals surface area contributed by atoms with Crippen LogP contribution in [0.15, 0.2) is 41.0 Å². The van der Waals surface area contributed by atoms with Crippen LogP contribution >= 0.6 is 12.2 Å². The van der Waals surface area contributed by atoms with Crippen LogP contribution in [-0.2, 0) is 0 Å². The Bertz CT molecular complexity index is 662. The molecule has 2 rings (SSSR count). The van der Waals surface area contributed by atoms with E-state index in [2.05, 4.69) is 30.0 Å². The van der Waals surface area contributed by atoms with E-state index in [0.717, 1.165) is 5.69 Å². The molecule has 1 amide bonds. The van der Waals surface area contributed by atoms with Crippen molar-refractivity contribution in [3.63, 3.8) is 0 Å². The van der Waals surface area contributed by atoms with Gasteiger partial charge in [0.05, 0.1) is 11.8 Å². The zero-order valence-corrected chi connectivity index (χ0v) is 13.6. The van der Waals surface area contributed by atoms with Gasteiger partial charge in [-0.2, -0.15) is 0 Å². The van der Waals surface area contributed by atoms with Gasteiger partial charge >= 0.3 is 0 Å². The highest BCUT2D eigenvalue weighted by molar-refractivity contribution is 7.80. The van der Waals surface area contributed by atoms with Crippen LogP contribution in [0.2, 0.25) is 0 Å². The highest BCUT2D eigenvalue weighted by atomic mass is 32.1. The Morgan fingerprint density at radius 3 is 2.36 bits per heavy atom. The van der Waals surface area contributed by atoms with Crippen molar-refractivity contribution in [3.8, 4) is 0 Å². The molecule has 0 aliphatic heterocycles. The molecular weight excluding hydrogens is 298 g/mol. The van der Waals surface area contributed by atoms with Gasteiger partial charge < -0.3 is 9.73 Å². The van der Waals surface area contributed by atoms with E-state index in [1.165, 1.54) is 11.8 Å². The number of carbonyl (C=O) groups excluding carboxylic acids is 1. The number of rotatable bonds is 3. The molecule has 1 aromatic carbocycles. The highest BCUT2D eigenvalue weighted by Gasteiger charge is 2.11. The Balaban J connectivity index is 1.85. The Kier molecular flexibility index (Phi) is 5.16. The number of nitrogens with one attached hydrogen (secondary N) is 3. The van der Waals surface area contributed by atoms with Crippen LogP contribution in [0.4, 0.5) is 5.69 Å². The molecule has 5 nitrogen and oxygen atoms in total. The molecule has 0 atom stereocenters. The number of benzene rings is 1. The number of amides is 1. The van der Waals surface area contributed by atoms with E-state index in [4.69, 9.17) is 16.6 Å². The fourth-order valence-corrected chi connectivity index (χ4v) is 2.08. The first-order chi connectivity index (χ1) is 10.5. The second-order valence-electron chi connectivity index (χ2n) is 5.20. The second-order valence-corrected chi connectivity index (χ2v) is 5.61. The molecule has 0 aliphatic rings. The van der Waals surface area contributed by atoms with E-state index in [-0.39, 0.29) is 5.91 Å². The third kappa shape index (κ3) is 4.08. The predicted octanol–water partition coefficient (Wildman–Crippen LogP) is 3.34. The van der Waals surface area contributed by atoms with E-state index in [1.807, 2.05) is 24.3 Å². The quantitative estimate of drug-likeness (QED) is 0.598. The molecule has 1 aromatic heterocycles. The van der Waals surface area contributed by atoms with Gasteiger partial charge in [-0.15, -0.1) is 0 Å². The summed E-state index contributed by atoms with van der Waals surface area (Å²) in [5.41, 5.74) is 7.77. The number of furan rings is 1. The maximum absolute atomic E-state index is 11.9. The lowest BCUT2D eigenvalue weighted by Crippen LogP contribution is -2.43. The first-order valence-corrected chi connectivity index (χ1v) is 7.39. The molecule has 3 N–H and O–H groups in total. The van der Waals surface area contributed by atoms with Crippen molar-refractivity contribution >= 4 is 28.9 Å². The maximum atomic E-state index is 11.9. The van der Waals surface area contributed by atoms with Crippen LogP contribution in [0.5, 0.6) is 0 Å². The number of hydrogen-bond acceptors (Lipinski definition) is 3. The summed E-state index contributed by atoms with van der Waals surface area (Å²) in [7, 11) is 0. The van der Waals surface area contributed by atoms with Gasteiger partial charge in [-0.1, -0.05) is 26.0 Å². The molecule has 0 spiro atoms. The van der Waals surface area contributed by atoms with Crippen molar-refractivity contribution in [1.82, 2.24) is 10.9 Å². The summed E-state index contributed by atoms with van der Waals surface area (Å²) in [5, 5.41) is 3.32. The van der Waals surface area contributed by atoms with Crippen LogP contribution in [0.25, 0.3) is 0 Å². The molecule has 0 bridgehead atoms. The fourth-order valence-electron chi connectivity index (χ4n) is 1.92. The van der Waals surface area contributed by atoms with Gasteiger partial charge in [-0.3, -0.25) is 15.6 Å². The molecule has 22 heavy (non-hydrogen) atoms. The van der Waals surface area contributed by atoms with Crippen LogP contribution in [0.3, 0.4) is 0 Å². The normalized spacial score (nSPS) is 10.4. The van der Waals surface area contributed by atoms with E-state index < -0.39 is 0 Å². The average Bonchev–Trinajstić information content (AvgIpc) is 2.91. The van der Waals surface area contributed by atoms with Crippen molar-refractivity contribution in [1.29, 1.82) is 0 Å². The zero-order valence-electron chi connectivity index (χ0n) is 12.8. The van der Waals surface area contributed by atoms with E-state index in [9.17, 15) is 4.79 Å². The summed E-state index contributed by atoms with van der Waals surface area (Å²) < 4.78 is 5.08. The number of hydrazine groups is 1. The summed E-state index contributed by atoms with van der Waals surface area (Å²) in [6, 6.07) is 9.59. The summed E-state index contributed by atoms with van der Waals surface area (Å²) in [6.45, 7) is 6.01.